The molecule has 172 valence electrons. The molecule has 0 N–H and O–H groups in total. The predicted molar refractivity (Wildman–Crippen MR) is 123 cm³/mol. The average molecular weight is 459 g/mol. The fourth-order valence-electron chi connectivity index (χ4n) is 4.46. The molecule has 0 aromatic heterocycles. The van der Waals surface area contributed by atoms with E-state index in [1.807, 2.05) is 37.3 Å². The van der Waals surface area contributed by atoms with Crippen LogP contribution in [0.2, 0.25) is 0 Å². The number of benzene rings is 3. The number of hydrogen-bond acceptors (Lipinski definition) is 7. The van der Waals surface area contributed by atoms with E-state index in [-0.39, 0.29) is 11.6 Å². The van der Waals surface area contributed by atoms with Gasteiger partial charge in [0.1, 0.15) is 11.7 Å². The number of nitro benzene ring substituents is 1. The van der Waals surface area contributed by atoms with Crippen LogP contribution in [0.25, 0.3) is 0 Å². The standard InChI is InChI=1S/C25H21N3O6/c1-2-33-20-14-12-17(13-15-20)26-24(29)21-22(16-8-10-19(11-9-16)28(31)32)27(34-23(21)25(26)30)18-6-4-3-5-7-18/h3-15,21-23H,2H2,1H3/t21-,22+,23-/m1/s1. The highest BCUT2D eigenvalue weighted by Crippen LogP contribution is 2.47. The molecule has 2 aliphatic heterocycles. The fraction of sp³-hybridized carbons (Fsp3) is 0.200. The topological polar surface area (TPSA) is 102 Å². The lowest BCUT2D eigenvalue weighted by molar-refractivity contribution is -0.384. The Balaban J connectivity index is 1.53. The number of nitro groups is 1. The number of hydrogen-bond donors (Lipinski definition) is 0. The van der Waals surface area contributed by atoms with Gasteiger partial charge in [0.05, 0.1) is 28.9 Å². The number of amides is 2. The second-order valence-electron chi connectivity index (χ2n) is 7.95. The minimum Gasteiger partial charge on any atom is -0.494 e. The Kier molecular flexibility index (Phi) is 5.46. The van der Waals surface area contributed by atoms with Crippen molar-refractivity contribution in [1.82, 2.24) is 0 Å². The lowest BCUT2D eigenvalue weighted by Crippen LogP contribution is -2.37. The Morgan fingerprint density at radius 3 is 2.21 bits per heavy atom. The zero-order chi connectivity index (χ0) is 23.8. The normalized spacial score (nSPS) is 21.6. The van der Waals surface area contributed by atoms with Crippen LogP contribution in [0.3, 0.4) is 0 Å². The van der Waals surface area contributed by atoms with Crippen molar-refractivity contribution in [2.45, 2.75) is 19.1 Å². The van der Waals surface area contributed by atoms with Gasteiger partial charge >= 0.3 is 0 Å². The van der Waals surface area contributed by atoms with Crippen molar-refractivity contribution in [2.75, 3.05) is 16.6 Å². The van der Waals surface area contributed by atoms with E-state index in [2.05, 4.69) is 0 Å². The van der Waals surface area contributed by atoms with Crippen molar-refractivity contribution in [3.63, 3.8) is 0 Å². The molecule has 3 aromatic carbocycles. The summed E-state index contributed by atoms with van der Waals surface area (Å²) in [4.78, 5) is 44.8. The highest BCUT2D eigenvalue weighted by molar-refractivity contribution is 6.23. The van der Waals surface area contributed by atoms with Crippen LogP contribution in [0.4, 0.5) is 17.1 Å². The Hall–Kier alpha value is -4.24. The maximum absolute atomic E-state index is 13.6. The molecule has 34 heavy (non-hydrogen) atoms. The first-order valence-corrected chi connectivity index (χ1v) is 10.9. The molecule has 5 rings (SSSR count). The van der Waals surface area contributed by atoms with Crippen LogP contribution in [0.1, 0.15) is 18.5 Å². The minimum absolute atomic E-state index is 0.0599. The SMILES string of the molecule is CCOc1ccc(N2C(=O)[C@H]3[C@@H](ON(c4ccccc4)[C@H]3c3ccc([N+](=O)[O-])cc3)C2=O)cc1. The largest absolute Gasteiger partial charge is 0.494 e. The smallest absolute Gasteiger partial charge is 0.269 e. The third kappa shape index (κ3) is 3.56. The van der Waals surface area contributed by atoms with Gasteiger partial charge in [-0.1, -0.05) is 30.3 Å². The molecule has 0 aliphatic carbocycles. The zero-order valence-corrected chi connectivity index (χ0v) is 18.2. The summed E-state index contributed by atoms with van der Waals surface area (Å²) in [6, 6.07) is 21.2. The Morgan fingerprint density at radius 2 is 1.59 bits per heavy atom. The van der Waals surface area contributed by atoms with Gasteiger partial charge in [-0.15, -0.1) is 0 Å². The quantitative estimate of drug-likeness (QED) is 0.311. The van der Waals surface area contributed by atoms with Gasteiger partial charge in [-0.3, -0.25) is 24.5 Å². The van der Waals surface area contributed by atoms with Crippen molar-refractivity contribution in [2.24, 2.45) is 5.92 Å². The lowest BCUT2D eigenvalue weighted by Gasteiger charge is -2.28. The lowest BCUT2D eigenvalue weighted by atomic mass is 9.90. The number of rotatable bonds is 6. The highest BCUT2D eigenvalue weighted by Gasteiger charge is 2.60. The minimum atomic E-state index is -1.01. The third-order valence-corrected chi connectivity index (χ3v) is 5.98. The average Bonchev–Trinajstić information content (AvgIpc) is 3.36. The van der Waals surface area contributed by atoms with Gasteiger partial charge in [0.2, 0.25) is 5.91 Å². The molecule has 2 saturated heterocycles. The number of anilines is 2. The van der Waals surface area contributed by atoms with Gasteiger partial charge in [0.15, 0.2) is 6.10 Å². The molecular weight excluding hydrogens is 438 g/mol. The summed E-state index contributed by atoms with van der Waals surface area (Å²) < 4.78 is 5.45. The summed E-state index contributed by atoms with van der Waals surface area (Å²) in [6.45, 7) is 2.38. The van der Waals surface area contributed by atoms with E-state index in [0.717, 1.165) is 4.90 Å². The van der Waals surface area contributed by atoms with Crippen molar-refractivity contribution < 1.29 is 24.1 Å². The Bertz CT molecular complexity index is 1230. The molecule has 9 heteroatoms. The molecule has 0 saturated carbocycles. The molecule has 3 atom stereocenters. The second-order valence-corrected chi connectivity index (χ2v) is 7.95. The summed E-state index contributed by atoms with van der Waals surface area (Å²) in [5.74, 6) is -1.02. The van der Waals surface area contributed by atoms with E-state index in [4.69, 9.17) is 9.57 Å². The van der Waals surface area contributed by atoms with E-state index in [0.29, 0.717) is 29.3 Å². The number of carbonyl (C=O) groups is 2. The van der Waals surface area contributed by atoms with Crippen LogP contribution in [0.5, 0.6) is 5.75 Å². The van der Waals surface area contributed by atoms with Crippen LogP contribution in [0.15, 0.2) is 78.9 Å². The summed E-state index contributed by atoms with van der Waals surface area (Å²) >= 11 is 0. The van der Waals surface area contributed by atoms with E-state index in [1.54, 1.807) is 41.5 Å². The van der Waals surface area contributed by atoms with Crippen molar-refractivity contribution in [3.05, 3.63) is 94.5 Å². The van der Waals surface area contributed by atoms with Crippen molar-refractivity contribution in [3.8, 4) is 5.75 Å². The first-order chi connectivity index (χ1) is 16.5. The fourth-order valence-corrected chi connectivity index (χ4v) is 4.46. The number of non-ortho nitro benzene ring substituents is 1. The van der Waals surface area contributed by atoms with Gasteiger partial charge < -0.3 is 4.74 Å². The summed E-state index contributed by atoms with van der Waals surface area (Å²) in [5, 5.41) is 12.7. The third-order valence-electron chi connectivity index (χ3n) is 5.98. The van der Waals surface area contributed by atoms with Gasteiger partial charge in [-0.05, 0) is 48.9 Å². The predicted octanol–water partition coefficient (Wildman–Crippen LogP) is 4.04. The van der Waals surface area contributed by atoms with E-state index in [9.17, 15) is 19.7 Å². The number of imide groups is 1. The zero-order valence-electron chi connectivity index (χ0n) is 18.2. The van der Waals surface area contributed by atoms with Crippen LogP contribution in [-0.2, 0) is 14.4 Å². The molecule has 0 spiro atoms. The molecule has 2 amide bonds. The van der Waals surface area contributed by atoms with E-state index in [1.165, 1.54) is 12.1 Å². The van der Waals surface area contributed by atoms with E-state index < -0.39 is 28.9 Å². The molecule has 3 aromatic rings. The second kappa shape index (κ2) is 8.60. The molecule has 2 heterocycles. The Labute approximate surface area is 195 Å². The first-order valence-electron chi connectivity index (χ1n) is 10.9. The molecule has 2 fully saturated rings. The highest BCUT2D eigenvalue weighted by atomic mass is 16.7. The molecule has 0 radical (unpaired) electrons. The van der Waals surface area contributed by atoms with E-state index >= 15 is 0 Å². The van der Waals surface area contributed by atoms with Gasteiger partial charge in [-0.2, -0.15) is 0 Å². The number of hydroxylamine groups is 1. The van der Waals surface area contributed by atoms with Gasteiger partial charge in [0.25, 0.3) is 11.6 Å². The summed E-state index contributed by atoms with van der Waals surface area (Å²) in [5.41, 5.74) is 1.69. The molecule has 0 bridgehead atoms. The molecule has 0 unspecified atom stereocenters. The maximum Gasteiger partial charge on any atom is 0.269 e. The Morgan fingerprint density at radius 1 is 0.912 bits per heavy atom. The molecule has 9 nitrogen and oxygen atoms in total. The number of para-hydroxylation sites is 1. The maximum atomic E-state index is 13.6. The van der Waals surface area contributed by atoms with Crippen LogP contribution >= 0.6 is 0 Å². The van der Waals surface area contributed by atoms with Crippen LogP contribution < -0.4 is 14.7 Å². The van der Waals surface area contributed by atoms with Gasteiger partial charge in [0, 0.05) is 12.1 Å². The van der Waals surface area contributed by atoms with Crippen LogP contribution in [-0.4, -0.2) is 29.4 Å². The van der Waals surface area contributed by atoms with Gasteiger partial charge in [-0.25, -0.2) is 9.96 Å². The van der Waals surface area contributed by atoms with Crippen LogP contribution in [0, 0.1) is 16.0 Å². The molecular formula is C25H21N3O6. The summed E-state index contributed by atoms with van der Waals surface area (Å²) in [7, 11) is 0. The monoisotopic (exact) mass is 459 g/mol. The number of carbonyl (C=O) groups excluding carboxylic acids is 2. The number of nitrogens with zero attached hydrogens (tertiary/aromatic N) is 3. The first kappa shape index (κ1) is 21.6. The number of fused-ring (bicyclic) bond motifs is 1. The molecule has 2 aliphatic rings. The number of ether oxygens (including phenoxy) is 1. The summed E-state index contributed by atoms with van der Waals surface area (Å²) in [6.07, 6.45) is -1.01. The van der Waals surface area contributed by atoms with Crippen molar-refractivity contribution >= 4 is 28.9 Å². The van der Waals surface area contributed by atoms with Crippen molar-refractivity contribution in [1.29, 1.82) is 0 Å².